The van der Waals surface area contributed by atoms with Crippen molar-refractivity contribution in [3.63, 3.8) is 0 Å². The molecule has 0 saturated carbocycles. The lowest BCUT2D eigenvalue weighted by Crippen LogP contribution is -2.24. The Kier molecular flexibility index (Phi) is 7.34. The fraction of sp³-hybridized carbons (Fsp3) is 0.500. The molecule has 3 N–H and O–H groups in total. The fourth-order valence-electron chi connectivity index (χ4n) is 1.66. The van der Waals surface area contributed by atoms with Crippen LogP contribution in [0.2, 0.25) is 0 Å². The third kappa shape index (κ3) is 5.96. The molecule has 1 aromatic carbocycles. The highest BCUT2D eigenvalue weighted by Gasteiger charge is 2.03. The summed E-state index contributed by atoms with van der Waals surface area (Å²) in [4.78, 5) is 11.7. The normalized spacial score (nSPS) is 10.3. The van der Waals surface area contributed by atoms with Gasteiger partial charge in [-0.25, -0.2) is 0 Å². The number of nitrogens with two attached hydrogens (primary N) is 1. The van der Waals surface area contributed by atoms with E-state index in [9.17, 15) is 4.79 Å². The van der Waals surface area contributed by atoms with Gasteiger partial charge in [-0.1, -0.05) is 12.8 Å². The van der Waals surface area contributed by atoms with E-state index in [1.807, 2.05) is 11.8 Å². The zero-order valence-corrected chi connectivity index (χ0v) is 11.8. The molecule has 0 heterocycles. The molecule has 0 bridgehead atoms. The van der Waals surface area contributed by atoms with Crippen LogP contribution in [-0.4, -0.2) is 24.5 Å². The predicted octanol–water partition coefficient (Wildman–Crippen LogP) is 2.92. The molecule has 100 valence electrons. The number of hydrogen-bond acceptors (Lipinski definition) is 3. The van der Waals surface area contributed by atoms with E-state index in [1.54, 1.807) is 24.3 Å². The Morgan fingerprint density at radius 2 is 1.83 bits per heavy atom. The first-order valence-corrected chi connectivity index (χ1v) is 7.76. The Morgan fingerprint density at radius 1 is 1.17 bits per heavy atom. The summed E-state index contributed by atoms with van der Waals surface area (Å²) in [6.07, 6.45) is 6.89. The van der Waals surface area contributed by atoms with Gasteiger partial charge in [-0.05, 0) is 49.1 Å². The van der Waals surface area contributed by atoms with Gasteiger partial charge in [0.2, 0.25) is 0 Å². The van der Waals surface area contributed by atoms with Crippen molar-refractivity contribution in [1.29, 1.82) is 0 Å². The second kappa shape index (κ2) is 8.86. The summed E-state index contributed by atoms with van der Waals surface area (Å²) in [6.45, 7) is 0.752. The van der Waals surface area contributed by atoms with Crippen LogP contribution < -0.4 is 11.1 Å². The van der Waals surface area contributed by atoms with E-state index < -0.39 is 0 Å². The summed E-state index contributed by atoms with van der Waals surface area (Å²) in [6, 6.07) is 7.00. The molecule has 1 amide bonds. The molecular formula is C14H22N2OS. The van der Waals surface area contributed by atoms with Gasteiger partial charge in [-0.2, -0.15) is 11.8 Å². The maximum absolute atomic E-state index is 11.7. The maximum atomic E-state index is 11.7. The van der Waals surface area contributed by atoms with Crippen LogP contribution >= 0.6 is 11.8 Å². The van der Waals surface area contributed by atoms with E-state index in [1.165, 1.54) is 25.0 Å². The van der Waals surface area contributed by atoms with Crippen molar-refractivity contribution in [2.75, 3.05) is 24.3 Å². The number of thioether (sulfide) groups is 1. The summed E-state index contributed by atoms with van der Waals surface area (Å²) in [5, 5.41) is 2.92. The first-order chi connectivity index (χ1) is 8.74. The molecular weight excluding hydrogens is 244 g/mol. The van der Waals surface area contributed by atoms with E-state index in [2.05, 4.69) is 11.6 Å². The van der Waals surface area contributed by atoms with E-state index in [0.29, 0.717) is 11.3 Å². The van der Waals surface area contributed by atoms with Gasteiger partial charge in [-0.15, -0.1) is 0 Å². The number of anilines is 1. The first-order valence-electron chi connectivity index (χ1n) is 6.36. The molecule has 3 nitrogen and oxygen atoms in total. The highest BCUT2D eigenvalue weighted by molar-refractivity contribution is 7.98. The van der Waals surface area contributed by atoms with Crippen molar-refractivity contribution in [3.05, 3.63) is 29.8 Å². The van der Waals surface area contributed by atoms with Gasteiger partial charge in [0.15, 0.2) is 0 Å². The second-order valence-corrected chi connectivity index (χ2v) is 5.27. The SMILES string of the molecule is CSCCCCCCNC(=O)c1ccc(N)cc1. The zero-order chi connectivity index (χ0) is 13.2. The highest BCUT2D eigenvalue weighted by atomic mass is 32.2. The van der Waals surface area contributed by atoms with E-state index in [-0.39, 0.29) is 5.91 Å². The molecule has 0 unspecified atom stereocenters. The summed E-state index contributed by atoms with van der Waals surface area (Å²) in [5.41, 5.74) is 6.93. The molecule has 0 aliphatic rings. The van der Waals surface area contributed by atoms with Crippen LogP contribution in [0.15, 0.2) is 24.3 Å². The number of benzene rings is 1. The summed E-state index contributed by atoms with van der Waals surface area (Å²) in [5.74, 6) is 1.22. The van der Waals surface area contributed by atoms with Gasteiger partial charge in [0.05, 0.1) is 0 Å². The van der Waals surface area contributed by atoms with Crippen molar-refractivity contribution >= 4 is 23.4 Å². The first kappa shape index (κ1) is 14.9. The lowest BCUT2D eigenvalue weighted by molar-refractivity contribution is 0.0953. The third-order valence-electron chi connectivity index (χ3n) is 2.73. The van der Waals surface area contributed by atoms with Crippen LogP contribution in [0.3, 0.4) is 0 Å². The van der Waals surface area contributed by atoms with Gasteiger partial charge >= 0.3 is 0 Å². The molecule has 1 rings (SSSR count). The Hall–Kier alpha value is -1.16. The lowest BCUT2D eigenvalue weighted by Gasteiger charge is -2.05. The van der Waals surface area contributed by atoms with Gasteiger partial charge in [0, 0.05) is 17.8 Å². The highest BCUT2D eigenvalue weighted by Crippen LogP contribution is 2.06. The number of rotatable bonds is 8. The van der Waals surface area contributed by atoms with Gasteiger partial charge in [-0.3, -0.25) is 4.79 Å². The Balaban J connectivity index is 2.12. The number of hydrogen-bond donors (Lipinski definition) is 2. The third-order valence-corrected chi connectivity index (χ3v) is 3.43. The predicted molar refractivity (Wildman–Crippen MR) is 80.0 cm³/mol. The number of carbonyl (C=O) groups is 1. The van der Waals surface area contributed by atoms with E-state index >= 15 is 0 Å². The van der Waals surface area contributed by atoms with Crippen LogP contribution in [0.25, 0.3) is 0 Å². The van der Waals surface area contributed by atoms with Crippen LogP contribution in [0.4, 0.5) is 5.69 Å². The van der Waals surface area contributed by atoms with E-state index in [4.69, 9.17) is 5.73 Å². The quantitative estimate of drug-likeness (QED) is 0.562. The monoisotopic (exact) mass is 266 g/mol. The average Bonchev–Trinajstić information content (AvgIpc) is 2.38. The molecule has 0 aliphatic heterocycles. The molecule has 0 fully saturated rings. The fourth-order valence-corrected chi connectivity index (χ4v) is 2.16. The molecule has 4 heteroatoms. The maximum Gasteiger partial charge on any atom is 0.251 e. The van der Waals surface area contributed by atoms with Crippen LogP contribution in [-0.2, 0) is 0 Å². The molecule has 0 radical (unpaired) electrons. The topological polar surface area (TPSA) is 55.1 Å². The summed E-state index contributed by atoms with van der Waals surface area (Å²) < 4.78 is 0. The van der Waals surface area contributed by atoms with Crippen LogP contribution in [0, 0.1) is 0 Å². The number of unbranched alkanes of at least 4 members (excludes halogenated alkanes) is 3. The van der Waals surface area contributed by atoms with Crippen molar-refractivity contribution in [2.45, 2.75) is 25.7 Å². The number of nitrogen functional groups attached to an aromatic ring is 1. The van der Waals surface area contributed by atoms with Crippen molar-refractivity contribution < 1.29 is 4.79 Å². The van der Waals surface area contributed by atoms with Gasteiger partial charge < -0.3 is 11.1 Å². The Morgan fingerprint density at radius 3 is 2.50 bits per heavy atom. The molecule has 0 saturated heterocycles. The molecule has 1 aromatic rings. The van der Waals surface area contributed by atoms with Crippen LogP contribution in [0.1, 0.15) is 36.0 Å². The Labute approximate surface area is 114 Å². The van der Waals surface area contributed by atoms with Crippen molar-refractivity contribution in [1.82, 2.24) is 5.32 Å². The molecule has 0 atom stereocenters. The number of nitrogens with one attached hydrogen (secondary N) is 1. The lowest BCUT2D eigenvalue weighted by atomic mass is 10.2. The largest absolute Gasteiger partial charge is 0.399 e. The number of amides is 1. The van der Waals surface area contributed by atoms with Crippen molar-refractivity contribution in [2.24, 2.45) is 0 Å². The summed E-state index contributed by atoms with van der Waals surface area (Å²) in [7, 11) is 0. The smallest absolute Gasteiger partial charge is 0.251 e. The standard InChI is InChI=1S/C14H22N2OS/c1-18-11-5-3-2-4-10-16-14(17)12-6-8-13(15)9-7-12/h6-9H,2-5,10-11,15H2,1H3,(H,16,17). The molecule has 0 aromatic heterocycles. The average molecular weight is 266 g/mol. The molecule has 0 aliphatic carbocycles. The number of carbonyl (C=O) groups excluding carboxylic acids is 1. The van der Waals surface area contributed by atoms with Crippen LogP contribution in [0.5, 0.6) is 0 Å². The van der Waals surface area contributed by atoms with Gasteiger partial charge in [0.1, 0.15) is 0 Å². The minimum atomic E-state index is -0.0147. The summed E-state index contributed by atoms with van der Waals surface area (Å²) >= 11 is 1.89. The zero-order valence-electron chi connectivity index (χ0n) is 10.9. The van der Waals surface area contributed by atoms with E-state index in [0.717, 1.165) is 13.0 Å². The molecule has 0 spiro atoms. The second-order valence-electron chi connectivity index (χ2n) is 4.28. The minimum absolute atomic E-state index is 0.0147. The van der Waals surface area contributed by atoms with Gasteiger partial charge in [0.25, 0.3) is 5.91 Å². The molecule has 18 heavy (non-hydrogen) atoms. The Bertz CT molecular complexity index is 351. The minimum Gasteiger partial charge on any atom is -0.399 e. The van der Waals surface area contributed by atoms with Crippen molar-refractivity contribution in [3.8, 4) is 0 Å².